The van der Waals surface area contributed by atoms with E-state index in [2.05, 4.69) is 5.32 Å². The van der Waals surface area contributed by atoms with Gasteiger partial charge in [-0.15, -0.1) is 0 Å². The Hall–Kier alpha value is -2.69. The van der Waals surface area contributed by atoms with Gasteiger partial charge in [-0.25, -0.2) is 0 Å². The average Bonchev–Trinajstić information content (AvgIpc) is 2.67. The smallest absolute Gasteiger partial charge is 0.237 e. The van der Waals surface area contributed by atoms with Gasteiger partial charge in [0.1, 0.15) is 0 Å². The molecule has 0 radical (unpaired) electrons. The lowest BCUT2D eigenvalue weighted by molar-refractivity contribution is -0.578. The van der Waals surface area contributed by atoms with E-state index < -0.39 is 0 Å². The predicted octanol–water partition coefficient (Wildman–Crippen LogP) is 3.74. The van der Waals surface area contributed by atoms with Crippen LogP contribution in [0.5, 0.6) is 0 Å². The molecule has 3 nitrogen and oxygen atoms in total. The molecule has 0 aliphatic heterocycles. The van der Waals surface area contributed by atoms with Crippen molar-refractivity contribution < 1.29 is 9.67 Å². The Kier molecular flexibility index (Phi) is 6.22. The summed E-state index contributed by atoms with van der Waals surface area (Å²) in [4.78, 5) is 0.388. The van der Waals surface area contributed by atoms with Crippen molar-refractivity contribution in [1.29, 1.82) is 0 Å². The Labute approximate surface area is 169 Å². The van der Waals surface area contributed by atoms with Gasteiger partial charge in [0.15, 0.2) is 17.4 Å². The zero-order valence-electron chi connectivity index (χ0n) is 14.9. The summed E-state index contributed by atoms with van der Waals surface area (Å²) < 4.78 is 1.76. The summed E-state index contributed by atoms with van der Waals surface area (Å²) in [6.07, 6.45) is 3.70. The maximum atomic E-state index is 13.2. The Balaban J connectivity index is 1.99. The molecule has 1 aromatic heterocycles. The van der Waals surface area contributed by atoms with Gasteiger partial charge in [0.25, 0.3) is 0 Å². The molecule has 1 N–H and O–H groups in total. The zero-order valence-corrected chi connectivity index (χ0v) is 16.4. The van der Waals surface area contributed by atoms with Gasteiger partial charge in [0, 0.05) is 23.2 Å². The SMILES string of the molecule is Cc1ccc[n+](C(C(=S)NCc2ccccc2)=C([O-])c2cccc(Cl)c2)c1. The zero-order chi connectivity index (χ0) is 19.2. The second-order valence-electron chi connectivity index (χ2n) is 6.14. The van der Waals surface area contributed by atoms with E-state index in [1.807, 2.05) is 61.8 Å². The number of thiocarbonyl (C=S) groups is 1. The van der Waals surface area contributed by atoms with Gasteiger partial charge in [-0.1, -0.05) is 66.3 Å². The number of aryl methyl sites for hydroxylation is 1. The normalized spacial score (nSPS) is 11.6. The molecule has 3 rings (SSSR count). The number of nitrogens with zero attached hydrogens (tertiary/aromatic N) is 1. The molecule has 3 aromatic rings. The maximum absolute atomic E-state index is 13.2. The van der Waals surface area contributed by atoms with Gasteiger partial charge in [-0.05, 0) is 42.0 Å². The number of halogens is 1. The van der Waals surface area contributed by atoms with Crippen LogP contribution in [0.15, 0.2) is 79.1 Å². The van der Waals surface area contributed by atoms with Crippen molar-refractivity contribution in [3.63, 3.8) is 0 Å². The lowest BCUT2D eigenvalue weighted by Crippen LogP contribution is -2.42. The van der Waals surface area contributed by atoms with Crippen molar-refractivity contribution in [3.8, 4) is 0 Å². The van der Waals surface area contributed by atoms with Crippen LogP contribution in [0.25, 0.3) is 11.5 Å². The number of benzene rings is 2. The topological polar surface area (TPSA) is 39.0 Å². The summed E-state index contributed by atoms with van der Waals surface area (Å²) in [6, 6.07) is 20.7. The minimum atomic E-state index is -0.182. The Morgan fingerprint density at radius 2 is 1.85 bits per heavy atom. The quantitative estimate of drug-likeness (QED) is 0.310. The first kappa shape index (κ1) is 19.1. The number of pyridine rings is 1. The number of rotatable bonds is 5. The van der Waals surface area contributed by atoms with Crippen LogP contribution in [0.4, 0.5) is 0 Å². The average molecular weight is 395 g/mol. The molecule has 0 fully saturated rings. The van der Waals surface area contributed by atoms with Crippen LogP contribution >= 0.6 is 23.8 Å². The van der Waals surface area contributed by atoms with Gasteiger partial charge >= 0.3 is 0 Å². The number of nitrogens with one attached hydrogen (secondary N) is 1. The van der Waals surface area contributed by atoms with Crippen molar-refractivity contribution >= 4 is 40.3 Å². The number of aromatic nitrogens is 1. The molecule has 0 saturated heterocycles. The van der Waals surface area contributed by atoms with Crippen LogP contribution in [0.3, 0.4) is 0 Å². The van der Waals surface area contributed by atoms with E-state index in [0.29, 0.717) is 27.8 Å². The molecular weight excluding hydrogens is 376 g/mol. The molecule has 1 heterocycles. The van der Waals surface area contributed by atoms with Crippen LogP contribution in [0, 0.1) is 6.92 Å². The van der Waals surface area contributed by atoms with Crippen LogP contribution in [0.1, 0.15) is 16.7 Å². The second-order valence-corrected chi connectivity index (χ2v) is 6.99. The van der Waals surface area contributed by atoms with Gasteiger partial charge in [-0.3, -0.25) is 0 Å². The standard InChI is InChI=1S/C22H19ClN2OS/c1-16-7-6-12-25(15-16)20(21(26)18-10-5-11-19(23)13-18)22(27)24-14-17-8-3-2-4-9-17/h2-13,15H,14H2,1H3,(H-,24,26,27). The maximum Gasteiger partial charge on any atom is 0.237 e. The minimum Gasteiger partial charge on any atom is -0.867 e. The molecule has 0 amide bonds. The van der Waals surface area contributed by atoms with Gasteiger partial charge in [0.05, 0.1) is 0 Å². The highest BCUT2D eigenvalue weighted by Gasteiger charge is 2.18. The number of hydrogen-bond donors (Lipinski definition) is 1. The molecule has 0 spiro atoms. The van der Waals surface area contributed by atoms with Crippen molar-refractivity contribution in [2.45, 2.75) is 13.5 Å². The Bertz CT molecular complexity index is 986. The molecule has 0 unspecified atom stereocenters. The van der Waals surface area contributed by atoms with Crippen LogP contribution in [-0.4, -0.2) is 4.99 Å². The molecule has 136 valence electrons. The fourth-order valence-corrected chi connectivity index (χ4v) is 3.16. The second kappa shape index (κ2) is 8.80. The predicted molar refractivity (Wildman–Crippen MR) is 112 cm³/mol. The van der Waals surface area contributed by atoms with E-state index >= 15 is 0 Å². The minimum absolute atomic E-state index is 0.182. The van der Waals surface area contributed by atoms with Gasteiger partial charge in [-0.2, -0.15) is 4.57 Å². The van der Waals surface area contributed by atoms with Crippen molar-refractivity contribution in [3.05, 3.63) is 101 Å². The Morgan fingerprint density at radius 1 is 1.07 bits per heavy atom. The van der Waals surface area contributed by atoms with Gasteiger partial charge in [0.2, 0.25) is 5.70 Å². The fraction of sp³-hybridized carbons (Fsp3) is 0.0909. The number of hydrogen-bond acceptors (Lipinski definition) is 2. The van der Waals surface area contributed by atoms with Crippen molar-refractivity contribution in [1.82, 2.24) is 5.32 Å². The van der Waals surface area contributed by atoms with Crippen LogP contribution in [0.2, 0.25) is 5.02 Å². The third kappa shape index (κ3) is 4.94. The van der Waals surface area contributed by atoms with E-state index in [9.17, 15) is 5.11 Å². The summed E-state index contributed by atoms with van der Waals surface area (Å²) in [7, 11) is 0. The third-order valence-corrected chi connectivity index (χ3v) is 4.59. The first-order valence-electron chi connectivity index (χ1n) is 8.52. The van der Waals surface area contributed by atoms with E-state index in [0.717, 1.165) is 11.1 Å². The van der Waals surface area contributed by atoms with Crippen molar-refractivity contribution in [2.24, 2.45) is 0 Å². The lowest BCUT2D eigenvalue weighted by Gasteiger charge is -2.17. The monoisotopic (exact) mass is 394 g/mol. The molecule has 2 aromatic carbocycles. The summed E-state index contributed by atoms with van der Waals surface area (Å²) in [5.41, 5.74) is 3.01. The van der Waals surface area contributed by atoms with E-state index in [-0.39, 0.29) is 5.76 Å². The third-order valence-electron chi connectivity index (χ3n) is 4.02. The van der Waals surface area contributed by atoms with Gasteiger partial charge < -0.3 is 10.4 Å². The van der Waals surface area contributed by atoms with E-state index in [1.54, 1.807) is 28.8 Å². The van der Waals surface area contributed by atoms with Crippen LogP contribution in [-0.2, 0) is 6.54 Å². The van der Waals surface area contributed by atoms with Crippen LogP contribution < -0.4 is 15.0 Å². The molecule has 5 heteroatoms. The summed E-state index contributed by atoms with van der Waals surface area (Å²) in [6.45, 7) is 2.51. The highest BCUT2D eigenvalue weighted by atomic mass is 35.5. The molecule has 27 heavy (non-hydrogen) atoms. The largest absolute Gasteiger partial charge is 0.867 e. The molecule has 0 bridgehead atoms. The lowest BCUT2D eigenvalue weighted by atomic mass is 10.1. The molecule has 0 aliphatic carbocycles. The molecule has 0 saturated carbocycles. The van der Waals surface area contributed by atoms with E-state index in [1.165, 1.54) is 0 Å². The fourth-order valence-electron chi connectivity index (χ4n) is 2.70. The Morgan fingerprint density at radius 3 is 2.56 bits per heavy atom. The summed E-state index contributed by atoms with van der Waals surface area (Å²) in [5, 5.41) is 16.9. The first-order chi connectivity index (χ1) is 13.0. The van der Waals surface area contributed by atoms with Crippen molar-refractivity contribution in [2.75, 3.05) is 0 Å². The highest BCUT2D eigenvalue weighted by Crippen LogP contribution is 2.19. The summed E-state index contributed by atoms with van der Waals surface area (Å²) in [5.74, 6) is -0.182. The highest BCUT2D eigenvalue weighted by molar-refractivity contribution is 7.81. The van der Waals surface area contributed by atoms with E-state index in [4.69, 9.17) is 23.8 Å². The molecule has 0 atom stereocenters. The molecular formula is C22H19ClN2OS. The first-order valence-corrected chi connectivity index (χ1v) is 9.31. The molecule has 0 aliphatic rings. The summed E-state index contributed by atoms with van der Waals surface area (Å²) >= 11 is 11.7.